The summed E-state index contributed by atoms with van der Waals surface area (Å²) in [5.74, 6) is 2.39. The van der Waals surface area contributed by atoms with E-state index in [0.717, 1.165) is 48.6 Å². The highest BCUT2D eigenvalue weighted by Gasteiger charge is 2.41. The van der Waals surface area contributed by atoms with E-state index in [2.05, 4.69) is 65.0 Å². The van der Waals surface area contributed by atoms with Crippen LogP contribution >= 0.6 is 0 Å². The van der Waals surface area contributed by atoms with E-state index in [1.54, 1.807) is 7.11 Å². The van der Waals surface area contributed by atoms with Crippen LogP contribution < -0.4 is 10.1 Å². The van der Waals surface area contributed by atoms with Crippen molar-refractivity contribution in [3.8, 4) is 11.4 Å². The SMILES string of the molecule is COc1ccccc1NC1(c2nnnn2-c2ccc(C)cc2)CCC(C)CC1. The molecule has 1 saturated carbocycles. The number of ether oxygens (including phenoxy) is 1. The quantitative estimate of drug-likeness (QED) is 0.709. The number of nitrogens with one attached hydrogen (secondary N) is 1. The second-order valence-electron chi connectivity index (χ2n) is 7.84. The predicted molar refractivity (Wildman–Crippen MR) is 110 cm³/mol. The molecule has 28 heavy (non-hydrogen) atoms. The van der Waals surface area contributed by atoms with Crippen LogP contribution in [0.5, 0.6) is 5.75 Å². The summed E-state index contributed by atoms with van der Waals surface area (Å²) in [6.07, 6.45) is 4.20. The third kappa shape index (κ3) is 3.46. The first kappa shape index (κ1) is 18.5. The summed E-state index contributed by atoms with van der Waals surface area (Å²) >= 11 is 0. The molecule has 6 heteroatoms. The molecular formula is C22H27N5O. The highest BCUT2D eigenvalue weighted by molar-refractivity contribution is 5.58. The van der Waals surface area contributed by atoms with Crippen LogP contribution in [-0.4, -0.2) is 27.3 Å². The number of aromatic nitrogens is 4. The normalized spacial score (nSPS) is 22.0. The van der Waals surface area contributed by atoms with E-state index >= 15 is 0 Å². The van der Waals surface area contributed by atoms with E-state index in [0.29, 0.717) is 5.92 Å². The first-order chi connectivity index (χ1) is 13.6. The van der Waals surface area contributed by atoms with E-state index in [1.807, 2.05) is 22.9 Å². The van der Waals surface area contributed by atoms with Crippen molar-refractivity contribution in [1.29, 1.82) is 0 Å². The van der Waals surface area contributed by atoms with Crippen LogP contribution in [-0.2, 0) is 5.54 Å². The average molecular weight is 377 g/mol. The van der Waals surface area contributed by atoms with Gasteiger partial charge in [-0.2, -0.15) is 4.68 Å². The van der Waals surface area contributed by atoms with Crippen LogP contribution in [0.25, 0.3) is 5.69 Å². The number of hydrogen-bond acceptors (Lipinski definition) is 5. The molecule has 3 aromatic rings. The minimum atomic E-state index is -0.338. The second kappa shape index (κ2) is 7.62. The van der Waals surface area contributed by atoms with Gasteiger partial charge in [-0.1, -0.05) is 36.8 Å². The van der Waals surface area contributed by atoms with E-state index in [4.69, 9.17) is 4.74 Å². The molecule has 0 amide bonds. The molecule has 0 spiro atoms. The zero-order valence-electron chi connectivity index (χ0n) is 16.7. The zero-order valence-corrected chi connectivity index (χ0v) is 16.7. The Labute approximate surface area is 165 Å². The fourth-order valence-corrected chi connectivity index (χ4v) is 4.01. The van der Waals surface area contributed by atoms with E-state index < -0.39 is 0 Å². The number of rotatable bonds is 5. The second-order valence-corrected chi connectivity index (χ2v) is 7.84. The maximum atomic E-state index is 5.58. The molecule has 1 aromatic heterocycles. The Morgan fingerprint density at radius 2 is 1.79 bits per heavy atom. The molecule has 0 bridgehead atoms. The number of para-hydroxylation sites is 2. The highest BCUT2D eigenvalue weighted by Crippen LogP contribution is 2.43. The van der Waals surface area contributed by atoms with Gasteiger partial charge in [0.15, 0.2) is 5.82 Å². The lowest BCUT2D eigenvalue weighted by Gasteiger charge is -2.40. The molecule has 1 aliphatic carbocycles. The first-order valence-corrected chi connectivity index (χ1v) is 9.88. The van der Waals surface area contributed by atoms with Gasteiger partial charge >= 0.3 is 0 Å². The number of benzene rings is 2. The lowest BCUT2D eigenvalue weighted by atomic mass is 9.76. The van der Waals surface area contributed by atoms with Gasteiger partial charge in [0.2, 0.25) is 0 Å². The van der Waals surface area contributed by atoms with Crippen molar-refractivity contribution in [3.63, 3.8) is 0 Å². The predicted octanol–water partition coefficient (Wildman–Crippen LogP) is 4.50. The van der Waals surface area contributed by atoms with Gasteiger partial charge in [0, 0.05) is 0 Å². The molecule has 1 aliphatic rings. The number of nitrogens with zero attached hydrogens (tertiary/aromatic N) is 4. The molecule has 146 valence electrons. The minimum absolute atomic E-state index is 0.338. The number of tetrazole rings is 1. The molecule has 0 saturated heterocycles. The van der Waals surface area contributed by atoms with Crippen LogP contribution in [0.4, 0.5) is 5.69 Å². The van der Waals surface area contributed by atoms with Gasteiger partial charge in [0.25, 0.3) is 0 Å². The summed E-state index contributed by atoms with van der Waals surface area (Å²) in [4.78, 5) is 0. The van der Waals surface area contributed by atoms with Gasteiger partial charge in [-0.05, 0) is 73.2 Å². The largest absolute Gasteiger partial charge is 0.495 e. The smallest absolute Gasteiger partial charge is 0.181 e. The van der Waals surface area contributed by atoms with Crippen molar-refractivity contribution in [2.24, 2.45) is 5.92 Å². The van der Waals surface area contributed by atoms with E-state index in [1.165, 1.54) is 5.56 Å². The lowest BCUT2D eigenvalue weighted by molar-refractivity contribution is 0.254. The molecule has 6 nitrogen and oxygen atoms in total. The third-order valence-corrected chi connectivity index (χ3v) is 5.78. The molecule has 2 aromatic carbocycles. The molecular weight excluding hydrogens is 350 g/mol. The Hall–Kier alpha value is -2.89. The zero-order chi connectivity index (χ0) is 19.6. The Balaban J connectivity index is 1.77. The summed E-state index contributed by atoms with van der Waals surface area (Å²) in [6.45, 7) is 4.40. The number of methoxy groups -OCH3 is 1. The van der Waals surface area contributed by atoms with Crippen molar-refractivity contribution < 1.29 is 4.74 Å². The van der Waals surface area contributed by atoms with Gasteiger partial charge in [-0.15, -0.1) is 5.10 Å². The standard InChI is InChI=1S/C22H27N5O/c1-16-8-10-18(11-9-16)27-21(24-25-26-27)22(14-12-17(2)13-15-22)23-19-6-4-5-7-20(19)28-3/h4-11,17,23H,12-15H2,1-3H3. The van der Waals surface area contributed by atoms with Crippen molar-refractivity contribution >= 4 is 5.69 Å². The van der Waals surface area contributed by atoms with Gasteiger partial charge in [0.05, 0.1) is 24.0 Å². The van der Waals surface area contributed by atoms with E-state index in [-0.39, 0.29) is 5.54 Å². The molecule has 1 fully saturated rings. The molecule has 0 radical (unpaired) electrons. The van der Waals surface area contributed by atoms with Gasteiger partial charge in [0.1, 0.15) is 5.75 Å². The van der Waals surface area contributed by atoms with Crippen molar-refractivity contribution in [2.45, 2.75) is 45.1 Å². The van der Waals surface area contributed by atoms with Crippen LogP contribution in [0, 0.1) is 12.8 Å². The fourth-order valence-electron chi connectivity index (χ4n) is 4.01. The summed E-state index contributed by atoms with van der Waals surface area (Å²) in [5, 5.41) is 16.6. The summed E-state index contributed by atoms with van der Waals surface area (Å²) < 4.78 is 7.45. The Bertz CT molecular complexity index is 926. The Morgan fingerprint density at radius 1 is 1.07 bits per heavy atom. The Morgan fingerprint density at radius 3 is 2.50 bits per heavy atom. The lowest BCUT2D eigenvalue weighted by Crippen LogP contribution is -2.41. The minimum Gasteiger partial charge on any atom is -0.495 e. The fraction of sp³-hybridized carbons (Fsp3) is 0.409. The number of anilines is 1. The molecule has 0 unspecified atom stereocenters. The van der Waals surface area contributed by atoms with Crippen molar-refractivity contribution in [1.82, 2.24) is 20.2 Å². The van der Waals surface area contributed by atoms with Crippen LogP contribution in [0.2, 0.25) is 0 Å². The molecule has 1 heterocycles. The van der Waals surface area contributed by atoms with E-state index in [9.17, 15) is 0 Å². The van der Waals surface area contributed by atoms with Gasteiger partial charge in [-0.25, -0.2) is 0 Å². The summed E-state index contributed by atoms with van der Waals surface area (Å²) in [6, 6.07) is 16.3. The number of aryl methyl sites for hydroxylation is 1. The monoisotopic (exact) mass is 377 g/mol. The Kier molecular flexibility index (Phi) is 5.03. The summed E-state index contributed by atoms with van der Waals surface area (Å²) in [7, 11) is 1.70. The van der Waals surface area contributed by atoms with Gasteiger partial charge in [-0.3, -0.25) is 0 Å². The number of hydrogen-bond donors (Lipinski definition) is 1. The maximum Gasteiger partial charge on any atom is 0.181 e. The van der Waals surface area contributed by atoms with Crippen molar-refractivity contribution in [2.75, 3.05) is 12.4 Å². The average Bonchev–Trinajstić information content (AvgIpc) is 3.21. The third-order valence-electron chi connectivity index (χ3n) is 5.78. The molecule has 4 rings (SSSR count). The van der Waals surface area contributed by atoms with Crippen LogP contribution in [0.3, 0.4) is 0 Å². The van der Waals surface area contributed by atoms with Crippen LogP contribution in [0.15, 0.2) is 48.5 Å². The van der Waals surface area contributed by atoms with Crippen molar-refractivity contribution in [3.05, 3.63) is 59.9 Å². The first-order valence-electron chi connectivity index (χ1n) is 9.88. The van der Waals surface area contributed by atoms with Crippen LogP contribution in [0.1, 0.15) is 44.0 Å². The molecule has 0 atom stereocenters. The molecule has 1 N–H and O–H groups in total. The summed E-state index contributed by atoms with van der Waals surface area (Å²) in [5.41, 5.74) is 2.82. The maximum absolute atomic E-state index is 5.58. The highest BCUT2D eigenvalue weighted by atomic mass is 16.5. The molecule has 0 aliphatic heterocycles. The topological polar surface area (TPSA) is 64.9 Å². The van der Waals surface area contributed by atoms with Gasteiger partial charge < -0.3 is 10.1 Å².